The Morgan fingerprint density at radius 2 is 1.34 bits per heavy atom. The molecule has 29 heavy (non-hydrogen) atoms. The van der Waals surface area contributed by atoms with Gasteiger partial charge in [-0.25, -0.2) is 0 Å². The maximum atomic E-state index is 6.20. The summed E-state index contributed by atoms with van der Waals surface area (Å²) in [4.78, 5) is 0. The van der Waals surface area contributed by atoms with Crippen LogP contribution in [-0.2, 0) is 6.42 Å². The van der Waals surface area contributed by atoms with Crippen LogP contribution in [0.1, 0.15) is 27.8 Å². The molecule has 1 nitrogen and oxygen atoms in total. The van der Waals surface area contributed by atoms with E-state index in [1.165, 1.54) is 49.7 Å². The molecule has 4 aromatic carbocycles. The zero-order valence-corrected chi connectivity index (χ0v) is 17.1. The third-order valence-electron chi connectivity index (χ3n) is 5.89. The van der Waals surface area contributed by atoms with Crippen LogP contribution >= 0.6 is 0 Å². The summed E-state index contributed by atoms with van der Waals surface area (Å²) in [5, 5.41) is 2.41. The van der Waals surface area contributed by atoms with Crippen molar-refractivity contribution in [2.75, 3.05) is 0 Å². The van der Waals surface area contributed by atoms with Crippen LogP contribution in [0.25, 0.3) is 33.1 Å². The van der Waals surface area contributed by atoms with Gasteiger partial charge in [0, 0.05) is 10.8 Å². The monoisotopic (exact) mass is 376 g/mol. The van der Waals surface area contributed by atoms with Crippen molar-refractivity contribution in [2.45, 2.75) is 27.2 Å². The van der Waals surface area contributed by atoms with Crippen LogP contribution in [0.3, 0.4) is 0 Å². The number of furan rings is 1. The van der Waals surface area contributed by atoms with Gasteiger partial charge >= 0.3 is 0 Å². The molecule has 142 valence electrons. The molecule has 0 spiro atoms. The summed E-state index contributed by atoms with van der Waals surface area (Å²) in [6.45, 7) is 6.42. The van der Waals surface area contributed by atoms with E-state index in [0.717, 1.165) is 17.6 Å². The summed E-state index contributed by atoms with van der Waals surface area (Å²) in [6, 6.07) is 28.5. The second-order valence-electron chi connectivity index (χ2n) is 8.07. The van der Waals surface area contributed by atoms with Crippen LogP contribution in [0.5, 0.6) is 0 Å². The first kappa shape index (κ1) is 17.8. The molecule has 0 aliphatic heterocycles. The molecule has 0 fully saturated rings. The van der Waals surface area contributed by atoms with E-state index in [1.54, 1.807) is 0 Å². The summed E-state index contributed by atoms with van der Waals surface area (Å²) >= 11 is 0. The van der Waals surface area contributed by atoms with E-state index in [0.29, 0.717) is 0 Å². The van der Waals surface area contributed by atoms with Crippen LogP contribution in [-0.4, -0.2) is 0 Å². The fourth-order valence-electron chi connectivity index (χ4n) is 4.11. The minimum atomic E-state index is 0.909. The van der Waals surface area contributed by atoms with Crippen molar-refractivity contribution >= 4 is 21.9 Å². The molecule has 1 heteroatoms. The molecule has 0 radical (unpaired) electrons. The van der Waals surface area contributed by atoms with Gasteiger partial charge in [-0.3, -0.25) is 0 Å². The highest BCUT2D eigenvalue weighted by Gasteiger charge is 2.11. The highest BCUT2D eigenvalue weighted by Crippen LogP contribution is 2.33. The van der Waals surface area contributed by atoms with Gasteiger partial charge in [0.25, 0.3) is 0 Å². The van der Waals surface area contributed by atoms with Crippen LogP contribution < -0.4 is 0 Å². The first-order valence-corrected chi connectivity index (χ1v) is 10.2. The van der Waals surface area contributed by atoms with E-state index in [1.807, 2.05) is 0 Å². The van der Waals surface area contributed by atoms with E-state index >= 15 is 0 Å². The fourth-order valence-corrected chi connectivity index (χ4v) is 4.11. The van der Waals surface area contributed by atoms with Crippen LogP contribution in [0.4, 0.5) is 0 Å². The summed E-state index contributed by atoms with van der Waals surface area (Å²) in [7, 11) is 0. The Morgan fingerprint density at radius 3 is 2.07 bits per heavy atom. The molecule has 0 saturated heterocycles. The summed E-state index contributed by atoms with van der Waals surface area (Å²) < 4.78 is 6.20. The highest BCUT2D eigenvalue weighted by atomic mass is 16.3. The van der Waals surface area contributed by atoms with E-state index < -0.39 is 0 Å². The molecule has 5 aromatic rings. The van der Waals surface area contributed by atoms with Crippen molar-refractivity contribution in [2.24, 2.45) is 0 Å². The summed E-state index contributed by atoms with van der Waals surface area (Å²) in [5.74, 6) is 0. The van der Waals surface area contributed by atoms with Gasteiger partial charge in [0.15, 0.2) is 0 Å². The lowest BCUT2D eigenvalue weighted by molar-refractivity contribution is 0.665. The molecular formula is C28H24O. The maximum absolute atomic E-state index is 6.20. The van der Waals surface area contributed by atoms with Gasteiger partial charge in [0.2, 0.25) is 0 Å². The van der Waals surface area contributed by atoms with Crippen molar-refractivity contribution in [3.8, 4) is 11.1 Å². The third kappa shape index (κ3) is 3.23. The Morgan fingerprint density at radius 1 is 0.655 bits per heavy atom. The zero-order valence-electron chi connectivity index (χ0n) is 17.1. The topological polar surface area (TPSA) is 13.1 Å². The molecule has 0 saturated carbocycles. The SMILES string of the molecule is Cc1ccc(-c2ccc(Cc3cc4oc5c(C)cccc5c4cc3C)cc2)cc1. The van der Waals surface area contributed by atoms with Gasteiger partial charge < -0.3 is 4.42 Å². The predicted octanol–water partition coefficient (Wildman–Crippen LogP) is 7.77. The van der Waals surface area contributed by atoms with Crippen LogP contribution in [0.15, 0.2) is 83.3 Å². The first-order chi connectivity index (χ1) is 14.1. The smallest absolute Gasteiger partial charge is 0.138 e. The maximum Gasteiger partial charge on any atom is 0.138 e. The van der Waals surface area contributed by atoms with Crippen LogP contribution in [0.2, 0.25) is 0 Å². The van der Waals surface area contributed by atoms with Gasteiger partial charge in [-0.2, -0.15) is 0 Å². The minimum Gasteiger partial charge on any atom is -0.456 e. The molecule has 0 N–H and O–H groups in total. The molecule has 0 amide bonds. The Balaban J connectivity index is 1.48. The zero-order chi connectivity index (χ0) is 20.0. The second kappa shape index (κ2) is 6.93. The molecule has 5 rings (SSSR count). The van der Waals surface area contributed by atoms with E-state index in [2.05, 4.69) is 99.6 Å². The van der Waals surface area contributed by atoms with Crippen molar-refractivity contribution in [3.63, 3.8) is 0 Å². The van der Waals surface area contributed by atoms with Gasteiger partial charge in [0.1, 0.15) is 11.2 Å². The van der Waals surface area contributed by atoms with E-state index in [9.17, 15) is 0 Å². The van der Waals surface area contributed by atoms with Gasteiger partial charge in [-0.15, -0.1) is 0 Å². The van der Waals surface area contributed by atoms with Crippen molar-refractivity contribution in [3.05, 3.63) is 107 Å². The predicted molar refractivity (Wildman–Crippen MR) is 123 cm³/mol. The van der Waals surface area contributed by atoms with Crippen molar-refractivity contribution in [1.82, 2.24) is 0 Å². The van der Waals surface area contributed by atoms with Gasteiger partial charge in [-0.1, -0.05) is 72.3 Å². The lowest BCUT2D eigenvalue weighted by Crippen LogP contribution is -1.92. The number of hydrogen-bond acceptors (Lipinski definition) is 1. The van der Waals surface area contributed by atoms with Gasteiger partial charge in [-0.05, 0) is 72.7 Å². The Kier molecular flexibility index (Phi) is 4.24. The number of hydrogen-bond donors (Lipinski definition) is 0. The van der Waals surface area contributed by atoms with Crippen LogP contribution in [0, 0.1) is 20.8 Å². The lowest BCUT2D eigenvalue weighted by Gasteiger charge is -2.08. The molecule has 1 heterocycles. The molecule has 1 aromatic heterocycles. The van der Waals surface area contributed by atoms with E-state index in [4.69, 9.17) is 4.42 Å². The third-order valence-corrected chi connectivity index (χ3v) is 5.89. The molecule has 0 aliphatic rings. The average Bonchev–Trinajstić information content (AvgIpc) is 3.08. The fraction of sp³-hybridized carbons (Fsp3) is 0.143. The minimum absolute atomic E-state index is 0.909. The molecule has 0 unspecified atom stereocenters. The number of benzene rings is 4. The summed E-state index contributed by atoms with van der Waals surface area (Å²) in [5.41, 5.74) is 10.9. The normalized spacial score (nSPS) is 11.4. The number of fused-ring (bicyclic) bond motifs is 3. The Hall–Kier alpha value is -3.32. The largest absolute Gasteiger partial charge is 0.456 e. The second-order valence-corrected chi connectivity index (χ2v) is 8.07. The van der Waals surface area contributed by atoms with Crippen molar-refractivity contribution < 1.29 is 4.42 Å². The number of aryl methyl sites for hydroxylation is 3. The molecule has 0 aliphatic carbocycles. The van der Waals surface area contributed by atoms with E-state index in [-0.39, 0.29) is 0 Å². The highest BCUT2D eigenvalue weighted by molar-refractivity contribution is 6.06. The molecular weight excluding hydrogens is 352 g/mol. The molecule has 0 atom stereocenters. The van der Waals surface area contributed by atoms with Crippen molar-refractivity contribution in [1.29, 1.82) is 0 Å². The number of rotatable bonds is 3. The lowest BCUT2D eigenvalue weighted by atomic mass is 9.96. The Labute approximate surface area is 171 Å². The average molecular weight is 376 g/mol. The molecule has 0 bridgehead atoms. The van der Waals surface area contributed by atoms with Gasteiger partial charge in [0.05, 0.1) is 0 Å². The summed E-state index contributed by atoms with van der Waals surface area (Å²) in [6.07, 6.45) is 0.909. The first-order valence-electron chi connectivity index (χ1n) is 10.2. The Bertz CT molecular complexity index is 1320. The quantitative estimate of drug-likeness (QED) is 0.313. The number of para-hydroxylation sites is 1. The standard InChI is InChI=1S/C28H24O/c1-18-7-11-22(12-8-18)23-13-9-21(10-14-23)16-24-17-27-26(15-20(24)3)25-6-4-5-19(2)28(25)29-27/h4-15,17H,16H2,1-3H3.